The van der Waals surface area contributed by atoms with E-state index in [0.717, 1.165) is 18.4 Å². The first-order valence-electron chi connectivity index (χ1n) is 8.86. The Bertz CT molecular complexity index is 451. The molecule has 1 heterocycles. The Morgan fingerprint density at radius 2 is 1.90 bits per heavy atom. The Labute approximate surface area is 129 Å². The third-order valence-corrected chi connectivity index (χ3v) is 5.74. The van der Waals surface area contributed by atoms with Crippen molar-refractivity contribution in [3.05, 3.63) is 29.8 Å². The lowest BCUT2D eigenvalue weighted by atomic mass is 9.93. The van der Waals surface area contributed by atoms with E-state index in [4.69, 9.17) is 0 Å². The molecular weight excluding hydrogens is 256 g/mol. The van der Waals surface area contributed by atoms with Gasteiger partial charge in [0.2, 0.25) is 0 Å². The summed E-state index contributed by atoms with van der Waals surface area (Å²) in [5, 5.41) is 3.85. The van der Waals surface area contributed by atoms with Gasteiger partial charge in [-0.15, -0.1) is 0 Å². The van der Waals surface area contributed by atoms with Crippen LogP contribution in [0.2, 0.25) is 0 Å². The van der Waals surface area contributed by atoms with Gasteiger partial charge in [0.25, 0.3) is 0 Å². The molecule has 1 saturated carbocycles. The van der Waals surface area contributed by atoms with Crippen molar-refractivity contribution < 1.29 is 0 Å². The largest absolute Gasteiger partial charge is 0.371 e. The maximum absolute atomic E-state index is 3.85. The quantitative estimate of drug-likeness (QED) is 0.872. The van der Waals surface area contributed by atoms with E-state index in [-0.39, 0.29) is 0 Å². The van der Waals surface area contributed by atoms with E-state index in [2.05, 4.69) is 48.3 Å². The van der Waals surface area contributed by atoms with Crippen LogP contribution in [0.4, 0.5) is 5.69 Å². The fraction of sp³-hybridized carbons (Fsp3) is 0.684. The zero-order valence-electron chi connectivity index (χ0n) is 13.6. The average molecular weight is 286 g/mol. The number of nitrogens with one attached hydrogen (secondary N) is 1. The fourth-order valence-corrected chi connectivity index (χ4v) is 4.28. The Hall–Kier alpha value is -1.02. The molecule has 0 spiro atoms. The molecule has 3 rings (SSSR count). The van der Waals surface area contributed by atoms with Crippen molar-refractivity contribution in [1.82, 2.24) is 5.32 Å². The van der Waals surface area contributed by atoms with Crippen LogP contribution in [0.5, 0.6) is 0 Å². The second kappa shape index (κ2) is 6.83. The van der Waals surface area contributed by atoms with Crippen LogP contribution in [-0.4, -0.2) is 19.1 Å². The van der Waals surface area contributed by atoms with Crippen molar-refractivity contribution in [3.8, 4) is 0 Å². The number of rotatable bonds is 5. The molecule has 2 fully saturated rings. The molecule has 0 radical (unpaired) electrons. The molecular formula is C19H30N2. The van der Waals surface area contributed by atoms with Gasteiger partial charge in [-0.05, 0) is 49.1 Å². The lowest BCUT2D eigenvalue weighted by Crippen LogP contribution is -2.33. The third-order valence-electron chi connectivity index (χ3n) is 5.74. The second-order valence-electron chi connectivity index (χ2n) is 6.92. The van der Waals surface area contributed by atoms with Crippen molar-refractivity contribution in [2.24, 2.45) is 11.8 Å². The summed E-state index contributed by atoms with van der Waals surface area (Å²) in [6, 6.07) is 9.68. The van der Waals surface area contributed by atoms with Gasteiger partial charge >= 0.3 is 0 Å². The summed E-state index contributed by atoms with van der Waals surface area (Å²) >= 11 is 0. The van der Waals surface area contributed by atoms with Gasteiger partial charge in [-0.25, -0.2) is 0 Å². The van der Waals surface area contributed by atoms with Gasteiger partial charge in [0.05, 0.1) is 0 Å². The van der Waals surface area contributed by atoms with Gasteiger partial charge in [0.15, 0.2) is 0 Å². The monoisotopic (exact) mass is 286 g/mol. The molecule has 1 aliphatic heterocycles. The Balaban J connectivity index is 1.63. The van der Waals surface area contributed by atoms with Gasteiger partial charge in [0, 0.05) is 31.4 Å². The fourth-order valence-electron chi connectivity index (χ4n) is 4.28. The van der Waals surface area contributed by atoms with Crippen molar-refractivity contribution in [2.75, 3.05) is 18.0 Å². The third kappa shape index (κ3) is 3.26. The summed E-state index contributed by atoms with van der Waals surface area (Å²) in [4.78, 5) is 2.56. The predicted octanol–water partition coefficient (Wildman–Crippen LogP) is 4.20. The molecule has 1 saturated heterocycles. The number of anilines is 1. The Morgan fingerprint density at radius 3 is 2.62 bits per heavy atom. The van der Waals surface area contributed by atoms with E-state index in [1.807, 2.05) is 0 Å². The number of benzene rings is 1. The van der Waals surface area contributed by atoms with Crippen LogP contribution in [0.3, 0.4) is 0 Å². The molecule has 21 heavy (non-hydrogen) atoms. The van der Waals surface area contributed by atoms with Crippen LogP contribution in [-0.2, 0) is 6.54 Å². The van der Waals surface area contributed by atoms with E-state index in [0.29, 0.717) is 6.04 Å². The Kier molecular flexibility index (Phi) is 4.84. The summed E-state index contributed by atoms with van der Waals surface area (Å²) in [5.74, 6) is 1.75. The van der Waals surface area contributed by atoms with Crippen molar-refractivity contribution >= 4 is 5.69 Å². The number of hydrogen-bond acceptors (Lipinski definition) is 2. The molecule has 1 aromatic carbocycles. The molecule has 2 aliphatic rings. The van der Waals surface area contributed by atoms with Crippen LogP contribution in [0.25, 0.3) is 0 Å². The van der Waals surface area contributed by atoms with Crippen LogP contribution >= 0.6 is 0 Å². The first kappa shape index (κ1) is 14.9. The highest BCUT2D eigenvalue weighted by Gasteiger charge is 2.31. The first-order chi connectivity index (χ1) is 10.3. The molecule has 2 heteroatoms. The molecule has 1 aromatic rings. The van der Waals surface area contributed by atoms with Crippen LogP contribution in [0.15, 0.2) is 24.3 Å². The first-order valence-corrected chi connectivity index (χ1v) is 8.86. The van der Waals surface area contributed by atoms with Gasteiger partial charge in [-0.2, -0.15) is 0 Å². The number of para-hydroxylation sites is 1. The SMILES string of the molecule is CCC1CCC(NCc2ccccc2N2CCCC2)C1C. The van der Waals surface area contributed by atoms with Gasteiger partial charge in [0.1, 0.15) is 0 Å². The van der Waals surface area contributed by atoms with Crippen LogP contribution in [0, 0.1) is 11.8 Å². The predicted molar refractivity (Wildman–Crippen MR) is 90.7 cm³/mol. The minimum atomic E-state index is 0.710. The molecule has 116 valence electrons. The number of nitrogens with zero attached hydrogens (tertiary/aromatic N) is 1. The molecule has 0 aromatic heterocycles. The lowest BCUT2D eigenvalue weighted by Gasteiger charge is -2.24. The van der Waals surface area contributed by atoms with E-state index in [9.17, 15) is 0 Å². The summed E-state index contributed by atoms with van der Waals surface area (Å²) in [6.45, 7) is 8.26. The van der Waals surface area contributed by atoms with E-state index in [1.54, 1.807) is 0 Å². The maximum Gasteiger partial charge on any atom is 0.0411 e. The summed E-state index contributed by atoms with van der Waals surface area (Å²) in [5.41, 5.74) is 2.94. The molecule has 0 bridgehead atoms. The minimum absolute atomic E-state index is 0.710. The standard InChI is InChI=1S/C19H30N2/c1-3-16-10-11-18(15(16)2)20-14-17-8-4-5-9-19(17)21-12-6-7-13-21/h4-5,8-9,15-16,18,20H,3,6-7,10-14H2,1-2H3. The van der Waals surface area contributed by atoms with Gasteiger partial charge in [-0.3, -0.25) is 0 Å². The molecule has 0 amide bonds. The zero-order chi connectivity index (χ0) is 14.7. The summed E-state index contributed by atoms with van der Waals surface area (Å²) < 4.78 is 0. The van der Waals surface area contributed by atoms with Crippen LogP contribution < -0.4 is 10.2 Å². The van der Waals surface area contributed by atoms with E-state index in [1.165, 1.54) is 56.4 Å². The van der Waals surface area contributed by atoms with Crippen molar-refractivity contribution in [3.63, 3.8) is 0 Å². The minimum Gasteiger partial charge on any atom is -0.371 e. The normalized spacial score (nSPS) is 29.2. The molecule has 2 nitrogen and oxygen atoms in total. The summed E-state index contributed by atoms with van der Waals surface area (Å²) in [7, 11) is 0. The highest BCUT2D eigenvalue weighted by molar-refractivity contribution is 5.54. The maximum atomic E-state index is 3.85. The smallest absolute Gasteiger partial charge is 0.0411 e. The highest BCUT2D eigenvalue weighted by Crippen LogP contribution is 2.34. The zero-order valence-corrected chi connectivity index (χ0v) is 13.6. The highest BCUT2D eigenvalue weighted by atomic mass is 15.1. The van der Waals surface area contributed by atoms with Crippen molar-refractivity contribution in [2.45, 2.75) is 58.5 Å². The van der Waals surface area contributed by atoms with Crippen LogP contribution in [0.1, 0.15) is 51.5 Å². The molecule has 3 atom stereocenters. The number of hydrogen-bond donors (Lipinski definition) is 1. The average Bonchev–Trinajstić information content (AvgIpc) is 3.15. The second-order valence-corrected chi connectivity index (χ2v) is 6.92. The van der Waals surface area contributed by atoms with Gasteiger partial charge < -0.3 is 10.2 Å². The van der Waals surface area contributed by atoms with E-state index < -0.39 is 0 Å². The Morgan fingerprint density at radius 1 is 1.14 bits per heavy atom. The van der Waals surface area contributed by atoms with Crippen molar-refractivity contribution in [1.29, 1.82) is 0 Å². The van der Waals surface area contributed by atoms with Gasteiger partial charge in [-0.1, -0.05) is 38.5 Å². The lowest BCUT2D eigenvalue weighted by molar-refractivity contribution is 0.344. The molecule has 1 N–H and O–H groups in total. The topological polar surface area (TPSA) is 15.3 Å². The molecule has 1 aliphatic carbocycles. The summed E-state index contributed by atoms with van der Waals surface area (Å²) in [6.07, 6.45) is 6.79. The van der Waals surface area contributed by atoms with E-state index >= 15 is 0 Å². The molecule has 3 unspecified atom stereocenters.